The fraction of sp³-hybridized carbons (Fsp3) is 0.481. The van der Waals surface area contributed by atoms with Crippen LogP contribution in [0.5, 0.6) is 5.75 Å². The lowest BCUT2D eigenvalue weighted by atomic mass is 9.72. The monoisotopic (exact) mass is 430 g/mol. The molecule has 3 atom stereocenters. The molecule has 3 heterocycles. The minimum atomic E-state index is 0.645. The van der Waals surface area contributed by atoms with Crippen molar-refractivity contribution in [3.63, 3.8) is 0 Å². The number of anilines is 1. The Balaban J connectivity index is 1.12. The second-order valence-electron chi connectivity index (χ2n) is 9.99. The molecule has 0 amide bonds. The molecule has 0 bridgehead atoms. The molecule has 1 N–H and O–H groups in total. The molecular formula is C27H34N4O. The van der Waals surface area contributed by atoms with E-state index in [1.165, 1.54) is 48.1 Å². The molecular weight excluding hydrogens is 396 g/mol. The van der Waals surface area contributed by atoms with Crippen LogP contribution >= 0.6 is 0 Å². The lowest BCUT2D eigenvalue weighted by molar-refractivity contribution is 0.0855. The molecule has 5 heteroatoms. The van der Waals surface area contributed by atoms with Gasteiger partial charge in [-0.15, -0.1) is 0 Å². The van der Waals surface area contributed by atoms with Crippen LogP contribution in [-0.2, 0) is 6.42 Å². The number of aromatic amines is 1. The van der Waals surface area contributed by atoms with Crippen LogP contribution in [0, 0.1) is 5.92 Å². The van der Waals surface area contributed by atoms with Gasteiger partial charge < -0.3 is 19.5 Å². The Hall–Kier alpha value is -2.50. The van der Waals surface area contributed by atoms with Gasteiger partial charge in [0.1, 0.15) is 5.75 Å². The normalized spacial score (nSPS) is 26.3. The topological polar surface area (TPSA) is 34.7 Å². The number of rotatable bonds is 4. The Bertz CT molecular complexity index is 1080. The van der Waals surface area contributed by atoms with Gasteiger partial charge in [-0.1, -0.05) is 12.1 Å². The van der Waals surface area contributed by atoms with E-state index in [2.05, 4.69) is 75.4 Å². The number of hydrogen-bond acceptors (Lipinski definition) is 4. The fourth-order valence-corrected chi connectivity index (χ4v) is 6.53. The number of piperidine rings is 1. The third-order valence-corrected chi connectivity index (χ3v) is 8.14. The van der Waals surface area contributed by atoms with Gasteiger partial charge in [-0.3, -0.25) is 4.90 Å². The zero-order valence-corrected chi connectivity index (χ0v) is 19.3. The van der Waals surface area contributed by atoms with Crippen molar-refractivity contribution in [2.75, 3.05) is 58.3 Å². The van der Waals surface area contributed by atoms with Crippen molar-refractivity contribution in [2.24, 2.45) is 5.92 Å². The number of ether oxygens (including phenoxy) is 1. The van der Waals surface area contributed by atoms with Gasteiger partial charge in [0.25, 0.3) is 0 Å². The molecule has 2 aromatic carbocycles. The summed E-state index contributed by atoms with van der Waals surface area (Å²) in [5.41, 5.74) is 5.71. The predicted octanol–water partition coefficient (Wildman–Crippen LogP) is 3.96. The van der Waals surface area contributed by atoms with Crippen LogP contribution in [-0.4, -0.2) is 74.3 Å². The van der Waals surface area contributed by atoms with E-state index < -0.39 is 0 Å². The number of hydrogen-bond donors (Lipinski definition) is 1. The summed E-state index contributed by atoms with van der Waals surface area (Å²) in [5.74, 6) is 2.33. The average Bonchev–Trinajstić information content (AvgIpc) is 3.25. The number of benzene rings is 2. The van der Waals surface area contributed by atoms with Gasteiger partial charge in [0.05, 0.1) is 7.11 Å². The van der Waals surface area contributed by atoms with Gasteiger partial charge in [-0.2, -0.15) is 0 Å². The van der Waals surface area contributed by atoms with E-state index >= 15 is 0 Å². The standard InChI is InChI=1S/C27H34N4O/c1-29-17-19(14-24-23-4-3-5-25-27(23)20(16-28-25)15-26(24)29)18-30-10-12-31(13-11-30)21-6-8-22(32-2)9-7-21/h3-9,16,19,24,26,28H,10-15,17-18H2,1-2H3/t19-,24+,26+/m0/s1. The minimum absolute atomic E-state index is 0.645. The summed E-state index contributed by atoms with van der Waals surface area (Å²) < 4.78 is 5.30. The third-order valence-electron chi connectivity index (χ3n) is 8.14. The molecule has 0 radical (unpaired) electrons. The predicted molar refractivity (Wildman–Crippen MR) is 131 cm³/mol. The Morgan fingerprint density at radius 2 is 1.84 bits per heavy atom. The second kappa shape index (κ2) is 8.13. The van der Waals surface area contributed by atoms with Crippen molar-refractivity contribution in [3.05, 3.63) is 59.8 Å². The van der Waals surface area contributed by atoms with Crippen LogP contribution in [0.3, 0.4) is 0 Å². The first-order valence-corrected chi connectivity index (χ1v) is 12.1. The van der Waals surface area contributed by atoms with Gasteiger partial charge in [0.2, 0.25) is 0 Å². The third kappa shape index (κ3) is 3.48. The molecule has 5 nitrogen and oxygen atoms in total. The maximum atomic E-state index is 5.30. The fourth-order valence-electron chi connectivity index (χ4n) is 6.53. The second-order valence-corrected chi connectivity index (χ2v) is 9.99. The van der Waals surface area contributed by atoms with E-state index in [0.29, 0.717) is 12.0 Å². The molecule has 2 fully saturated rings. The Labute approximate surface area is 190 Å². The number of likely N-dealkylation sites (N-methyl/N-ethyl adjacent to an activating group) is 1. The van der Waals surface area contributed by atoms with E-state index in [1.807, 2.05) is 0 Å². The zero-order valence-electron chi connectivity index (χ0n) is 19.3. The number of piperazine rings is 1. The highest BCUT2D eigenvalue weighted by Gasteiger charge is 2.39. The van der Waals surface area contributed by atoms with Gasteiger partial charge in [-0.05, 0) is 67.3 Å². The molecule has 32 heavy (non-hydrogen) atoms. The first kappa shape index (κ1) is 20.1. The summed E-state index contributed by atoms with van der Waals surface area (Å²) in [6.45, 7) is 6.95. The highest BCUT2D eigenvalue weighted by molar-refractivity contribution is 5.88. The van der Waals surface area contributed by atoms with Gasteiger partial charge in [-0.25, -0.2) is 0 Å². The lowest BCUT2D eigenvalue weighted by Gasteiger charge is -2.47. The molecule has 0 saturated carbocycles. The molecule has 2 aliphatic heterocycles. The van der Waals surface area contributed by atoms with E-state index in [4.69, 9.17) is 4.74 Å². The number of likely N-dealkylation sites (tertiary alicyclic amines) is 1. The first-order chi connectivity index (χ1) is 15.7. The van der Waals surface area contributed by atoms with Crippen LogP contribution in [0.25, 0.3) is 10.9 Å². The lowest BCUT2D eigenvalue weighted by Crippen LogP contribution is -2.52. The number of methoxy groups -OCH3 is 1. The maximum absolute atomic E-state index is 5.30. The van der Waals surface area contributed by atoms with E-state index in [1.54, 1.807) is 12.7 Å². The molecule has 1 aromatic heterocycles. The summed E-state index contributed by atoms with van der Waals surface area (Å²) in [5, 5.41) is 1.51. The SMILES string of the molecule is COc1ccc(N2CCN(C[C@H]3C[C@@H]4c5cccc6[nH]cc(c56)C[C@H]4N(C)C3)CC2)cc1. The summed E-state index contributed by atoms with van der Waals surface area (Å²) in [6.07, 6.45) is 4.75. The highest BCUT2D eigenvalue weighted by atomic mass is 16.5. The largest absolute Gasteiger partial charge is 0.497 e. The Morgan fingerprint density at radius 3 is 2.62 bits per heavy atom. The van der Waals surface area contributed by atoms with Crippen molar-refractivity contribution in [1.82, 2.24) is 14.8 Å². The molecule has 168 valence electrons. The zero-order chi connectivity index (χ0) is 21.7. The van der Waals surface area contributed by atoms with E-state index in [9.17, 15) is 0 Å². The maximum Gasteiger partial charge on any atom is 0.119 e. The summed E-state index contributed by atoms with van der Waals surface area (Å²) >= 11 is 0. The van der Waals surface area contributed by atoms with Crippen molar-refractivity contribution < 1.29 is 4.74 Å². The van der Waals surface area contributed by atoms with Gasteiger partial charge in [0, 0.05) is 74.0 Å². The highest BCUT2D eigenvalue weighted by Crippen LogP contribution is 2.44. The number of nitrogens with zero attached hydrogens (tertiary/aromatic N) is 3. The molecule has 3 aromatic rings. The molecule has 1 aliphatic carbocycles. The van der Waals surface area contributed by atoms with Crippen LogP contribution in [0.1, 0.15) is 23.5 Å². The van der Waals surface area contributed by atoms with E-state index in [0.717, 1.165) is 37.8 Å². The Kier molecular flexibility index (Phi) is 5.11. The van der Waals surface area contributed by atoms with Crippen molar-refractivity contribution in [3.8, 4) is 5.75 Å². The quantitative estimate of drug-likeness (QED) is 0.680. The summed E-state index contributed by atoms with van der Waals surface area (Å²) in [6, 6.07) is 16.0. The van der Waals surface area contributed by atoms with Crippen LogP contribution in [0.2, 0.25) is 0 Å². The molecule has 3 aliphatic rings. The Morgan fingerprint density at radius 1 is 1.03 bits per heavy atom. The van der Waals surface area contributed by atoms with Crippen molar-refractivity contribution >= 4 is 16.6 Å². The smallest absolute Gasteiger partial charge is 0.119 e. The number of nitrogens with one attached hydrogen (secondary N) is 1. The molecule has 0 unspecified atom stereocenters. The molecule has 6 rings (SSSR count). The van der Waals surface area contributed by atoms with E-state index in [-0.39, 0.29) is 0 Å². The van der Waals surface area contributed by atoms with Gasteiger partial charge in [0.15, 0.2) is 0 Å². The summed E-state index contributed by atoms with van der Waals surface area (Å²) in [7, 11) is 4.08. The van der Waals surface area contributed by atoms with Crippen molar-refractivity contribution in [1.29, 1.82) is 0 Å². The van der Waals surface area contributed by atoms with Gasteiger partial charge >= 0.3 is 0 Å². The number of aromatic nitrogens is 1. The van der Waals surface area contributed by atoms with Crippen LogP contribution in [0.15, 0.2) is 48.7 Å². The molecule has 2 saturated heterocycles. The minimum Gasteiger partial charge on any atom is -0.497 e. The van der Waals surface area contributed by atoms with Crippen molar-refractivity contribution in [2.45, 2.75) is 24.8 Å². The number of fused-ring (bicyclic) bond motifs is 2. The van der Waals surface area contributed by atoms with Crippen LogP contribution < -0.4 is 9.64 Å². The average molecular weight is 431 g/mol. The number of H-pyrrole nitrogens is 1. The summed E-state index contributed by atoms with van der Waals surface area (Å²) in [4.78, 5) is 11.4. The van der Waals surface area contributed by atoms with Crippen LogP contribution in [0.4, 0.5) is 5.69 Å². The molecule has 0 spiro atoms. The first-order valence-electron chi connectivity index (χ1n) is 12.1.